The van der Waals surface area contributed by atoms with Crippen molar-refractivity contribution in [1.82, 2.24) is 0 Å². The molecule has 1 saturated carbocycles. The first-order valence-corrected chi connectivity index (χ1v) is 10.2. The summed E-state index contributed by atoms with van der Waals surface area (Å²) in [5, 5.41) is 0. The molecule has 3 rings (SSSR count). The lowest BCUT2D eigenvalue weighted by Crippen LogP contribution is -2.20. The summed E-state index contributed by atoms with van der Waals surface area (Å²) >= 11 is 0. The van der Waals surface area contributed by atoms with Crippen molar-refractivity contribution in [2.75, 3.05) is 20.3 Å². The number of rotatable bonds is 8. The number of benzene rings is 2. The van der Waals surface area contributed by atoms with Gasteiger partial charge in [-0.05, 0) is 62.1 Å². The van der Waals surface area contributed by atoms with E-state index >= 15 is 0 Å². The van der Waals surface area contributed by atoms with Crippen LogP contribution >= 0.6 is 0 Å². The van der Waals surface area contributed by atoms with E-state index in [0.29, 0.717) is 25.0 Å². The zero-order valence-electron chi connectivity index (χ0n) is 17.2. The largest absolute Gasteiger partial charge is 0.494 e. The Labute approximate surface area is 173 Å². The molecule has 0 aliphatic heterocycles. The van der Waals surface area contributed by atoms with Crippen LogP contribution in [0.2, 0.25) is 0 Å². The highest BCUT2D eigenvalue weighted by Gasteiger charge is 2.27. The number of hydrogen-bond acceptors (Lipinski definition) is 3. The third-order valence-electron chi connectivity index (χ3n) is 5.65. The molecule has 0 amide bonds. The second kappa shape index (κ2) is 10.2. The Balaban J connectivity index is 1.57. The zero-order valence-corrected chi connectivity index (χ0v) is 17.2. The number of hydrogen-bond donors (Lipinski definition) is 0. The van der Waals surface area contributed by atoms with E-state index < -0.39 is 23.3 Å². The summed E-state index contributed by atoms with van der Waals surface area (Å²) in [4.78, 5) is 0. The smallest absolute Gasteiger partial charge is 0.204 e. The van der Waals surface area contributed by atoms with Crippen LogP contribution < -0.4 is 9.47 Å². The van der Waals surface area contributed by atoms with Gasteiger partial charge in [0.15, 0.2) is 23.1 Å². The molecule has 0 saturated heterocycles. The van der Waals surface area contributed by atoms with Crippen molar-refractivity contribution in [2.24, 2.45) is 5.92 Å². The summed E-state index contributed by atoms with van der Waals surface area (Å²) in [6, 6.07) is 5.88. The van der Waals surface area contributed by atoms with Gasteiger partial charge in [0, 0.05) is 12.2 Å². The molecule has 0 atom stereocenters. The maximum Gasteiger partial charge on any atom is 0.204 e. The molecule has 0 bridgehead atoms. The van der Waals surface area contributed by atoms with Gasteiger partial charge in [-0.2, -0.15) is 8.78 Å². The van der Waals surface area contributed by atoms with Gasteiger partial charge in [-0.15, -0.1) is 0 Å². The van der Waals surface area contributed by atoms with Gasteiger partial charge in [0.25, 0.3) is 0 Å². The van der Waals surface area contributed by atoms with E-state index in [2.05, 4.69) is 0 Å². The predicted octanol–water partition coefficient (Wildman–Crippen LogP) is 6.14. The van der Waals surface area contributed by atoms with Crippen LogP contribution in [0.15, 0.2) is 24.3 Å². The van der Waals surface area contributed by atoms with Crippen LogP contribution in [-0.4, -0.2) is 20.3 Å². The average Bonchev–Trinajstić information content (AvgIpc) is 2.76. The zero-order chi connectivity index (χ0) is 21.7. The van der Waals surface area contributed by atoms with Crippen LogP contribution in [-0.2, 0) is 11.3 Å². The molecule has 2 aromatic rings. The normalized spacial score (nSPS) is 19.0. The Morgan fingerprint density at radius 1 is 0.833 bits per heavy atom. The summed E-state index contributed by atoms with van der Waals surface area (Å²) in [6.07, 6.45) is 2.81. The van der Waals surface area contributed by atoms with Gasteiger partial charge >= 0.3 is 0 Å². The Hall–Kier alpha value is -2.28. The molecular weight excluding hydrogens is 400 g/mol. The highest BCUT2D eigenvalue weighted by Crippen LogP contribution is 2.38. The fraction of sp³-hybridized carbons (Fsp3) is 0.478. The topological polar surface area (TPSA) is 27.7 Å². The quantitative estimate of drug-likeness (QED) is 0.475. The van der Waals surface area contributed by atoms with Gasteiger partial charge in [0.1, 0.15) is 0 Å². The van der Waals surface area contributed by atoms with Gasteiger partial charge in [0.05, 0.1) is 20.3 Å². The van der Waals surface area contributed by atoms with Crippen molar-refractivity contribution in [3.63, 3.8) is 0 Å². The lowest BCUT2D eigenvalue weighted by atomic mass is 9.78. The van der Waals surface area contributed by atoms with Crippen LogP contribution in [0.25, 0.3) is 0 Å². The first kappa shape index (κ1) is 22.4. The summed E-state index contributed by atoms with van der Waals surface area (Å²) in [7, 11) is 1.26. The van der Waals surface area contributed by atoms with E-state index in [0.717, 1.165) is 12.8 Å². The van der Waals surface area contributed by atoms with Crippen molar-refractivity contribution in [1.29, 1.82) is 0 Å². The van der Waals surface area contributed by atoms with Crippen LogP contribution in [0.1, 0.15) is 49.7 Å². The monoisotopic (exact) mass is 426 g/mol. The molecule has 0 heterocycles. The predicted molar refractivity (Wildman–Crippen MR) is 105 cm³/mol. The van der Waals surface area contributed by atoms with Crippen molar-refractivity contribution in [3.05, 3.63) is 58.7 Å². The third-order valence-corrected chi connectivity index (χ3v) is 5.65. The molecule has 164 valence electrons. The SMILES string of the molecule is CCOCc1ccc(C2CCC(COc3ccc(OC)c(F)c3F)CC2)c(F)c1F. The maximum absolute atomic E-state index is 14.5. The molecule has 0 N–H and O–H groups in total. The van der Waals surface area contributed by atoms with Crippen molar-refractivity contribution < 1.29 is 31.8 Å². The van der Waals surface area contributed by atoms with E-state index in [1.54, 1.807) is 19.1 Å². The minimum atomic E-state index is -1.08. The average molecular weight is 426 g/mol. The Morgan fingerprint density at radius 3 is 2.17 bits per heavy atom. The maximum atomic E-state index is 14.5. The first-order chi connectivity index (χ1) is 14.5. The molecule has 0 radical (unpaired) electrons. The second-order valence-electron chi connectivity index (χ2n) is 7.50. The molecule has 1 fully saturated rings. The number of halogens is 4. The van der Waals surface area contributed by atoms with Crippen molar-refractivity contribution >= 4 is 0 Å². The van der Waals surface area contributed by atoms with Crippen LogP contribution in [0, 0.1) is 29.2 Å². The van der Waals surface area contributed by atoms with Crippen molar-refractivity contribution in [3.8, 4) is 11.5 Å². The molecule has 1 aliphatic rings. The van der Waals surface area contributed by atoms with Gasteiger partial charge in [-0.25, -0.2) is 8.78 Å². The van der Waals surface area contributed by atoms with Gasteiger partial charge in [0.2, 0.25) is 11.6 Å². The molecule has 30 heavy (non-hydrogen) atoms. The Morgan fingerprint density at radius 2 is 1.50 bits per heavy atom. The highest BCUT2D eigenvalue weighted by atomic mass is 19.2. The fourth-order valence-electron chi connectivity index (χ4n) is 3.87. The number of methoxy groups -OCH3 is 1. The Bertz CT molecular complexity index is 864. The fourth-order valence-corrected chi connectivity index (χ4v) is 3.87. The number of ether oxygens (including phenoxy) is 3. The van der Waals surface area contributed by atoms with Crippen LogP contribution in [0.3, 0.4) is 0 Å². The summed E-state index contributed by atoms with van der Waals surface area (Å²) < 4.78 is 72.0. The molecule has 3 nitrogen and oxygen atoms in total. The van der Waals surface area contributed by atoms with E-state index in [1.807, 2.05) is 0 Å². The molecule has 1 aliphatic carbocycles. The minimum Gasteiger partial charge on any atom is -0.494 e. The molecule has 0 aromatic heterocycles. The standard InChI is InChI=1S/C23H26F4O3/c1-3-29-13-16-8-9-17(21(25)20(16)24)15-6-4-14(5-7-15)12-30-19-11-10-18(28-2)22(26)23(19)27/h8-11,14-15H,3-7,12-13H2,1-2H3. The van der Waals surface area contributed by atoms with E-state index in [9.17, 15) is 17.6 Å². The molecule has 2 aromatic carbocycles. The van der Waals surface area contributed by atoms with E-state index in [4.69, 9.17) is 14.2 Å². The minimum absolute atomic E-state index is 0.0477. The molecular formula is C23H26F4O3. The van der Waals surface area contributed by atoms with Crippen LogP contribution in [0.4, 0.5) is 17.6 Å². The van der Waals surface area contributed by atoms with Gasteiger partial charge in [-0.1, -0.05) is 12.1 Å². The summed E-state index contributed by atoms with van der Waals surface area (Å²) in [6.45, 7) is 2.51. The summed E-state index contributed by atoms with van der Waals surface area (Å²) in [5.41, 5.74) is 0.601. The van der Waals surface area contributed by atoms with E-state index in [1.165, 1.54) is 19.2 Å². The van der Waals surface area contributed by atoms with Crippen LogP contribution in [0.5, 0.6) is 11.5 Å². The van der Waals surface area contributed by atoms with E-state index in [-0.39, 0.29) is 42.1 Å². The highest BCUT2D eigenvalue weighted by molar-refractivity contribution is 5.35. The van der Waals surface area contributed by atoms with Crippen molar-refractivity contribution in [2.45, 2.75) is 45.1 Å². The second-order valence-corrected chi connectivity index (χ2v) is 7.50. The van der Waals surface area contributed by atoms with Gasteiger partial charge < -0.3 is 14.2 Å². The lowest BCUT2D eigenvalue weighted by Gasteiger charge is -2.29. The molecule has 0 unspecified atom stereocenters. The lowest BCUT2D eigenvalue weighted by molar-refractivity contribution is 0.130. The molecule has 7 heteroatoms. The Kier molecular flexibility index (Phi) is 7.58. The molecule has 0 spiro atoms. The summed E-state index contributed by atoms with van der Waals surface area (Å²) in [5.74, 6) is -4.08. The van der Waals surface area contributed by atoms with Gasteiger partial charge in [-0.3, -0.25) is 0 Å². The third kappa shape index (κ3) is 4.89. The first-order valence-electron chi connectivity index (χ1n) is 10.2.